The van der Waals surface area contributed by atoms with Gasteiger partial charge in [0.2, 0.25) is 23.6 Å². The van der Waals surface area contributed by atoms with Crippen LogP contribution in [-0.4, -0.2) is 146 Å². The van der Waals surface area contributed by atoms with E-state index in [9.17, 15) is 38.7 Å². The minimum absolute atomic E-state index is 0.0855. The lowest BCUT2D eigenvalue weighted by Gasteiger charge is -2.42. The van der Waals surface area contributed by atoms with Gasteiger partial charge in [-0.3, -0.25) is 24.5 Å². The number of urea groups is 1. The summed E-state index contributed by atoms with van der Waals surface area (Å²) in [5.74, 6) is -1.97. The number of nitrogens with zero attached hydrogens (tertiary/aromatic N) is 2. The van der Waals surface area contributed by atoms with E-state index >= 15 is 0 Å². The summed E-state index contributed by atoms with van der Waals surface area (Å²) in [6.07, 6.45) is 1.19. The normalized spacial score (nSPS) is 25.9. The van der Waals surface area contributed by atoms with Crippen molar-refractivity contribution in [3.05, 3.63) is 76.3 Å². The lowest BCUT2D eigenvalue weighted by molar-refractivity contribution is -0.162. The second-order valence-corrected chi connectivity index (χ2v) is 21.6. The number of methoxy groups -OCH3 is 2. The Morgan fingerprint density at radius 3 is 2.43 bits per heavy atom. The molecule has 3 heterocycles. The topological polar surface area (TPSA) is 296 Å². The molecule has 418 valence electrons. The molecule has 9 N–H and O–H groups in total. The molecule has 0 unspecified atom stereocenters. The molecular formula is C53H75ClN8O13S. The van der Waals surface area contributed by atoms with E-state index in [1.54, 1.807) is 71.2 Å². The van der Waals surface area contributed by atoms with Gasteiger partial charge in [0.25, 0.3) is 0 Å². The molecule has 2 aromatic carbocycles. The number of ether oxygens (including phenoxy) is 5. The molecule has 0 aromatic heterocycles. The number of carbonyl (C=O) groups excluding carboxylic acids is 7. The van der Waals surface area contributed by atoms with Gasteiger partial charge in [0.15, 0.2) is 5.72 Å². The Morgan fingerprint density at radius 2 is 1.79 bits per heavy atom. The molecule has 4 bridgehead atoms. The zero-order valence-electron chi connectivity index (χ0n) is 44.9. The lowest BCUT2D eigenvalue weighted by atomic mass is 9.83. The number of anilines is 2. The highest BCUT2D eigenvalue weighted by Crippen LogP contribution is 2.49. The fourth-order valence-corrected chi connectivity index (χ4v) is 10.2. The standard InChI is InChI=1S/C53H75ClN8O13S/c1-29(2)45(55)48(66)59-36(14-12-21-57-50(56)68)47(65)58-35-18-16-33(17-19-35)28-76-22-20-42(63)61(7)32(5)49(67)74-41-26-43(64)62(8)37-24-34(25-38(71-9)44(37)54)23-30(3)13-11-15-40(72-10)53(70)27-39(73-51(69)60-53)31(4)46-52(41,6)75-46/h11,13,15-19,24-25,29,31-32,36,39-41,45-46,70H,12,14,20-23,26-28,55H2,1-10H3,(H,58,65)(H,59,66)(H,60,69)(H3,56,57,68)/b15-11-,30-13-/t31-,32+,36+,39+,40-,41+,45+,46+,52+,53+/m1/s1. The van der Waals surface area contributed by atoms with E-state index in [2.05, 4.69) is 21.3 Å². The van der Waals surface area contributed by atoms with E-state index in [4.69, 9.17) is 46.8 Å². The number of amides is 7. The number of halogens is 1. The molecule has 5 rings (SSSR count). The maximum absolute atomic E-state index is 14.4. The number of aliphatic hydroxyl groups is 1. The van der Waals surface area contributed by atoms with Crippen LogP contribution in [0.4, 0.5) is 21.0 Å². The van der Waals surface area contributed by atoms with Crippen molar-refractivity contribution in [3.8, 4) is 5.75 Å². The number of epoxide rings is 1. The van der Waals surface area contributed by atoms with Gasteiger partial charge in [-0.1, -0.05) is 68.3 Å². The zero-order chi connectivity index (χ0) is 56.2. The van der Waals surface area contributed by atoms with Crippen molar-refractivity contribution >= 4 is 76.5 Å². The second kappa shape index (κ2) is 26.9. The van der Waals surface area contributed by atoms with E-state index in [0.29, 0.717) is 41.5 Å². The Labute approximate surface area is 453 Å². The molecule has 7 amide bonds. The van der Waals surface area contributed by atoms with Crippen LogP contribution < -0.4 is 42.4 Å². The van der Waals surface area contributed by atoms with Crippen molar-refractivity contribution in [1.29, 1.82) is 0 Å². The van der Waals surface area contributed by atoms with Crippen molar-refractivity contribution in [2.75, 3.05) is 50.8 Å². The molecular weight excluding hydrogens is 1020 g/mol. The summed E-state index contributed by atoms with van der Waals surface area (Å²) in [5.41, 5.74) is 11.5. The molecule has 2 saturated heterocycles. The van der Waals surface area contributed by atoms with Crippen molar-refractivity contribution in [2.45, 2.75) is 140 Å². The zero-order valence-corrected chi connectivity index (χ0v) is 46.5. The van der Waals surface area contributed by atoms with Crippen LogP contribution in [0.1, 0.15) is 84.8 Å². The minimum atomic E-state index is -1.87. The number of likely N-dealkylation sites (N-methyl/N-ethyl adjacent to an activating group) is 1. The first-order chi connectivity index (χ1) is 35.8. The fraction of sp³-hybridized carbons (Fsp3) is 0.566. The maximum atomic E-state index is 14.4. The smallest absolute Gasteiger partial charge is 0.409 e. The van der Waals surface area contributed by atoms with Crippen LogP contribution in [0.15, 0.2) is 60.2 Å². The van der Waals surface area contributed by atoms with Gasteiger partial charge >= 0.3 is 18.1 Å². The van der Waals surface area contributed by atoms with Gasteiger partial charge in [0, 0.05) is 63.7 Å². The molecule has 10 atom stereocenters. The Bertz CT molecular complexity index is 2500. The van der Waals surface area contributed by atoms with Crippen LogP contribution in [0, 0.1) is 11.8 Å². The van der Waals surface area contributed by atoms with Crippen molar-refractivity contribution < 1.29 is 62.4 Å². The maximum Gasteiger partial charge on any atom is 0.409 e. The summed E-state index contributed by atoms with van der Waals surface area (Å²) in [4.78, 5) is 94.9. The quantitative estimate of drug-likeness (QED) is 0.0570. The number of rotatable bonds is 19. The van der Waals surface area contributed by atoms with Crippen LogP contribution in [0.25, 0.3) is 0 Å². The van der Waals surface area contributed by atoms with Gasteiger partial charge in [-0.25, -0.2) is 14.4 Å². The average Bonchev–Trinajstić information content (AvgIpc) is 4.07. The number of alkyl carbamates (subject to hydrolysis) is 1. The Morgan fingerprint density at radius 1 is 1.09 bits per heavy atom. The monoisotopic (exact) mass is 1100 g/mol. The van der Waals surface area contributed by atoms with E-state index in [1.165, 1.54) is 49.8 Å². The number of fused-ring (bicyclic) bond motifs is 5. The summed E-state index contributed by atoms with van der Waals surface area (Å²) >= 11 is 8.32. The van der Waals surface area contributed by atoms with E-state index < -0.39 is 95.6 Å². The summed E-state index contributed by atoms with van der Waals surface area (Å²) in [6.45, 7) is 10.7. The van der Waals surface area contributed by atoms with Crippen LogP contribution >= 0.6 is 23.4 Å². The number of primary amides is 1. The number of thioether (sulfide) groups is 1. The average molecular weight is 1100 g/mol. The second-order valence-electron chi connectivity index (χ2n) is 20.2. The number of benzene rings is 2. The van der Waals surface area contributed by atoms with Crippen LogP contribution in [0.5, 0.6) is 5.75 Å². The first kappa shape index (κ1) is 60.9. The first-order valence-electron chi connectivity index (χ1n) is 25.2. The van der Waals surface area contributed by atoms with E-state index in [-0.39, 0.29) is 49.1 Å². The number of esters is 1. The molecule has 0 saturated carbocycles. The summed E-state index contributed by atoms with van der Waals surface area (Å²) in [6, 6.07) is 7.16. The number of nitrogens with two attached hydrogens (primary N) is 2. The third kappa shape index (κ3) is 15.8. The number of carbonyl (C=O) groups is 7. The summed E-state index contributed by atoms with van der Waals surface area (Å²) < 4.78 is 29.5. The van der Waals surface area contributed by atoms with Gasteiger partial charge in [-0.15, -0.1) is 0 Å². The third-order valence-corrected chi connectivity index (χ3v) is 15.5. The predicted molar refractivity (Wildman–Crippen MR) is 288 cm³/mol. The Hall–Kier alpha value is -5.91. The van der Waals surface area contributed by atoms with Crippen LogP contribution in [-0.2, 0) is 55.1 Å². The third-order valence-electron chi connectivity index (χ3n) is 14.1. The highest BCUT2D eigenvalue weighted by atomic mass is 35.5. The SMILES string of the molecule is COc1cc2cc(c1Cl)N(C)C(=O)C[C@H](OC(=O)[C@H](C)N(C)C(=O)CCSCc1ccc(NC(=O)[C@H](CCCNC(N)=O)NC(=O)[C@@H](N)C(C)C)cc1)[C@]1(C)O[C@H]1[C@H](C)[C@@H]1C[C@@](O)(NC(=O)O1)[C@H](OC)/C=C\C=C(\C)C2. The molecule has 3 aliphatic rings. The van der Waals surface area contributed by atoms with Crippen molar-refractivity contribution in [1.82, 2.24) is 20.9 Å². The highest BCUT2D eigenvalue weighted by Gasteiger charge is 2.64. The Balaban J connectivity index is 1.25. The molecule has 2 aromatic rings. The largest absolute Gasteiger partial charge is 0.495 e. The molecule has 76 heavy (non-hydrogen) atoms. The first-order valence-corrected chi connectivity index (χ1v) is 26.8. The van der Waals surface area contributed by atoms with E-state index in [0.717, 1.165) is 16.7 Å². The minimum Gasteiger partial charge on any atom is -0.495 e. The number of hydrogen-bond donors (Lipinski definition) is 7. The van der Waals surface area contributed by atoms with Gasteiger partial charge in [-0.05, 0) is 81.3 Å². The fourth-order valence-electron chi connectivity index (χ4n) is 9.01. The molecule has 3 aliphatic heterocycles. The molecule has 21 nitrogen and oxygen atoms in total. The van der Waals surface area contributed by atoms with Gasteiger partial charge < -0.3 is 66.0 Å². The predicted octanol–water partition coefficient (Wildman–Crippen LogP) is 4.69. The van der Waals surface area contributed by atoms with Gasteiger partial charge in [0.1, 0.15) is 46.8 Å². The van der Waals surface area contributed by atoms with Crippen molar-refractivity contribution in [3.63, 3.8) is 0 Å². The number of allylic oxidation sites excluding steroid dienone is 3. The number of hydrogen-bond acceptors (Lipinski definition) is 15. The highest BCUT2D eigenvalue weighted by molar-refractivity contribution is 7.98. The van der Waals surface area contributed by atoms with Gasteiger partial charge in [0.05, 0.1) is 31.4 Å². The number of nitrogens with one attached hydrogen (secondary N) is 4. The van der Waals surface area contributed by atoms with Gasteiger partial charge in [-0.2, -0.15) is 11.8 Å². The molecule has 0 spiro atoms. The molecule has 0 radical (unpaired) electrons. The van der Waals surface area contributed by atoms with E-state index in [1.807, 2.05) is 25.1 Å². The molecule has 23 heteroatoms. The molecule has 0 aliphatic carbocycles. The Kier molecular flexibility index (Phi) is 21.6. The van der Waals surface area contributed by atoms with Crippen molar-refractivity contribution in [2.24, 2.45) is 23.3 Å². The molecule has 2 fully saturated rings. The summed E-state index contributed by atoms with van der Waals surface area (Å²) in [5, 5.41) is 22.6. The van der Waals surface area contributed by atoms with Crippen LogP contribution in [0.2, 0.25) is 5.02 Å². The summed E-state index contributed by atoms with van der Waals surface area (Å²) in [7, 11) is 5.95. The lowest BCUT2D eigenvalue weighted by Crippen LogP contribution is -2.63. The van der Waals surface area contributed by atoms with Crippen LogP contribution in [0.3, 0.4) is 0 Å².